The molecule has 24 heavy (non-hydrogen) atoms. The average molecular weight is 386 g/mol. The quantitative estimate of drug-likeness (QED) is 0.852. The predicted molar refractivity (Wildman–Crippen MR) is 96.6 cm³/mol. The molecule has 0 atom stereocenters. The molecule has 0 aromatic heterocycles. The Labute approximate surface area is 149 Å². The SMILES string of the molecule is CC(=O)N(CCC(=O)Nc1ccc(C#N)cc1)c1cccc(Br)c1. The summed E-state index contributed by atoms with van der Waals surface area (Å²) in [7, 11) is 0. The van der Waals surface area contributed by atoms with E-state index in [2.05, 4.69) is 21.2 Å². The van der Waals surface area contributed by atoms with Crippen LogP contribution in [0.2, 0.25) is 0 Å². The lowest BCUT2D eigenvalue weighted by Crippen LogP contribution is -2.31. The molecule has 0 aliphatic heterocycles. The average Bonchev–Trinajstić information content (AvgIpc) is 2.55. The Morgan fingerprint density at radius 3 is 2.50 bits per heavy atom. The van der Waals surface area contributed by atoms with E-state index in [1.165, 1.54) is 6.92 Å². The van der Waals surface area contributed by atoms with Gasteiger partial charge in [-0.1, -0.05) is 22.0 Å². The lowest BCUT2D eigenvalue weighted by Gasteiger charge is -2.21. The third kappa shape index (κ3) is 4.93. The molecule has 0 unspecified atom stereocenters. The number of benzene rings is 2. The van der Waals surface area contributed by atoms with Crippen LogP contribution in [-0.2, 0) is 9.59 Å². The van der Waals surface area contributed by atoms with Gasteiger partial charge in [-0.25, -0.2) is 0 Å². The van der Waals surface area contributed by atoms with E-state index >= 15 is 0 Å². The maximum Gasteiger partial charge on any atom is 0.226 e. The molecule has 0 heterocycles. The minimum Gasteiger partial charge on any atom is -0.326 e. The van der Waals surface area contributed by atoms with Gasteiger partial charge in [0, 0.05) is 35.7 Å². The van der Waals surface area contributed by atoms with Crippen LogP contribution in [0.1, 0.15) is 18.9 Å². The summed E-state index contributed by atoms with van der Waals surface area (Å²) in [5.41, 5.74) is 1.89. The van der Waals surface area contributed by atoms with Crippen LogP contribution in [0.25, 0.3) is 0 Å². The molecule has 0 radical (unpaired) electrons. The van der Waals surface area contributed by atoms with E-state index < -0.39 is 0 Å². The van der Waals surface area contributed by atoms with E-state index in [4.69, 9.17) is 5.26 Å². The Bertz CT molecular complexity index is 782. The Hall–Kier alpha value is -2.65. The van der Waals surface area contributed by atoms with Gasteiger partial charge in [-0.3, -0.25) is 9.59 Å². The number of nitrogens with zero attached hydrogens (tertiary/aromatic N) is 2. The van der Waals surface area contributed by atoms with Gasteiger partial charge in [-0.05, 0) is 42.5 Å². The number of carbonyl (C=O) groups excluding carboxylic acids is 2. The van der Waals surface area contributed by atoms with Gasteiger partial charge in [0.25, 0.3) is 0 Å². The molecule has 0 saturated heterocycles. The standard InChI is InChI=1S/C18H16BrN3O2/c1-13(23)22(17-4-2-3-15(19)11-17)10-9-18(24)21-16-7-5-14(12-20)6-8-16/h2-8,11H,9-10H2,1H3,(H,21,24). The highest BCUT2D eigenvalue weighted by atomic mass is 79.9. The molecular formula is C18H16BrN3O2. The fourth-order valence-electron chi connectivity index (χ4n) is 2.18. The Balaban J connectivity index is 1.97. The summed E-state index contributed by atoms with van der Waals surface area (Å²) in [5.74, 6) is -0.319. The number of nitriles is 1. The molecule has 0 bridgehead atoms. The largest absolute Gasteiger partial charge is 0.326 e. The van der Waals surface area contributed by atoms with Gasteiger partial charge in [-0.2, -0.15) is 5.26 Å². The summed E-state index contributed by atoms with van der Waals surface area (Å²) in [6, 6.07) is 16.0. The highest BCUT2D eigenvalue weighted by molar-refractivity contribution is 9.10. The Kier molecular flexibility index (Phi) is 6.10. The van der Waals surface area contributed by atoms with Crippen molar-refractivity contribution in [2.45, 2.75) is 13.3 Å². The first-order valence-electron chi connectivity index (χ1n) is 7.33. The minimum atomic E-state index is -0.194. The lowest BCUT2D eigenvalue weighted by atomic mass is 10.2. The lowest BCUT2D eigenvalue weighted by molar-refractivity contribution is -0.117. The maximum absolute atomic E-state index is 12.1. The molecule has 2 aromatic rings. The molecule has 2 aromatic carbocycles. The van der Waals surface area contributed by atoms with Crippen molar-refractivity contribution in [1.29, 1.82) is 5.26 Å². The summed E-state index contributed by atoms with van der Waals surface area (Å²) in [6.45, 7) is 1.76. The third-order valence-corrected chi connectivity index (χ3v) is 3.85. The van der Waals surface area contributed by atoms with Gasteiger partial charge >= 0.3 is 0 Å². The summed E-state index contributed by atoms with van der Waals surface area (Å²) < 4.78 is 0.869. The van der Waals surface area contributed by atoms with Crippen molar-refractivity contribution in [3.05, 3.63) is 58.6 Å². The van der Waals surface area contributed by atoms with E-state index in [0.29, 0.717) is 11.3 Å². The summed E-state index contributed by atoms with van der Waals surface area (Å²) in [5, 5.41) is 11.5. The number of amides is 2. The van der Waals surface area contributed by atoms with Crippen LogP contribution in [0.3, 0.4) is 0 Å². The molecule has 1 N–H and O–H groups in total. The minimum absolute atomic E-state index is 0.126. The molecule has 122 valence electrons. The van der Waals surface area contributed by atoms with Crippen molar-refractivity contribution in [1.82, 2.24) is 0 Å². The van der Waals surface area contributed by atoms with Gasteiger partial charge in [0.2, 0.25) is 11.8 Å². The smallest absolute Gasteiger partial charge is 0.226 e. The van der Waals surface area contributed by atoms with Crippen molar-refractivity contribution >= 4 is 39.1 Å². The zero-order valence-electron chi connectivity index (χ0n) is 13.1. The Morgan fingerprint density at radius 2 is 1.92 bits per heavy atom. The summed E-state index contributed by atoms with van der Waals surface area (Å²) in [6.07, 6.45) is 0.173. The van der Waals surface area contributed by atoms with E-state index in [1.807, 2.05) is 30.3 Å². The van der Waals surface area contributed by atoms with Crippen molar-refractivity contribution in [2.75, 3.05) is 16.8 Å². The van der Waals surface area contributed by atoms with Crippen LogP contribution in [0.4, 0.5) is 11.4 Å². The third-order valence-electron chi connectivity index (χ3n) is 3.36. The van der Waals surface area contributed by atoms with Gasteiger partial charge in [-0.15, -0.1) is 0 Å². The first-order valence-corrected chi connectivity index (χ1v) is 8.12. The van der Waals surface area contributed by atoms with Crippen molar-refractivity contribution in [2.24, 2.45) is 0 Å². The highest BCUT2D eigenvalue weighted by Crippen LogP contribution is 2.20. The fraction of sp³-hybridized carbons (Fsp3) is 0.167. The molecule has 0 aliphatic carbocycles. The van der Waals surface area contributed by atoms with E-state index in [9.17, 15) is 9.59 Å². The molecule has 0 fully saturated rings. The molecule has 5 nitrogen and oxygen atoms in total. The highest BCUT2D eigenvalue weighted by Gasteiger charge is 2.13. The van der Waals surface area contributed by atoms with Gasteiger partial charge in [0.15, 0.2) is 0 Å². The number of anilines is 2. The van der Waals surface area contributed by atoms with Crippen molar-refractivity contribution in [3.8, 4) is 6.07 Å². The second-order valence-electron chi connectivity index (χ2n) is 5.14. The van der Waals surface area contributed by atoms with E-state index in [1.54, 1.807) is 29.2 Å². The summed E-state index contributed by atoms with van der Waals surface area (Å²) in [4.78, 5) is 25.5. The number of carbonyl (C=O) groups is 2. The molecule has 0 saturated carbocycles. The van der Waals surface area contributed by atoms with Gasteiger partial charge in [0.05, 0.1) is 11.6 Å². The summed E-state index contributed by atoms with van der Waals surface area (Å²) >= 11 is 3.38. The maximum atomic E-state index is 12.1. The van der Waals surface area contributed by atoms with Crippen LogP contribution in [-0.4, -0.2) is 18.4 Å². The second-order valence-corrected chi connectivity index (χ2v) is 6.05. The molecule has 2 amide bonds. The van der Waals surface area contributed by atoms with Crippen LogP contribution in [0.5, 0.6) is 0 Å². The van der Waals surface area contributed by atoms with E-state index in [-0.39, 0.29) is 24.8 Å². The number of halogens is 1. The zero-order chi connectivity index (χ0) is 17.5. The number of hydrogen-bond acceptors (Lipinski definition) is 3. The van der Waals surface area contributed by atoms with Crippen LogP contribution < -0.4 is 10.2 Å². The number of nitrogens with one attached hydrogen (secondary N) is 1. The van der Waals surface area contributed by atoms with E-state index in [0.717, 1.165) is 10.2 Å². The zero-order valence-corrected chi connectivity index (χ0v) is 14.7. The fourth-order valence-corrected chi connectivity index (χ4v) is 2.56. The van der Waals surface area contributed by atoms with Gasteiger partial charge in [0.1, 0.15) is 0 Å². The van der Waals surface area contributed by atoms with Crippen molar-refractivity contribution < 1.29 is 9.59 Å². The normalized spacial score (nSPS) is 9.88. The first kappa shape index (κ1) is 17.7. The predicted octanol–water partition coefficient (Wildman–Crippen LogP) is 3.70. The topological polar surface area (TPSA) is 73.2 Å². The van der Waals surface area contributed by atoms with Crippen molar-refractivity contribution in [3.63, 3.8) is 0 Å². The van der Waals surface area contributed by atoms with Crippen LogP contribution >= 0.6 is 15.9 Å². The molecule has 2 rings (SSSR count). The molecule has 0 spiro atoms. The molecule has 0 aliphatic rings. The monoisotopic (exact) mass is 385 g/mol. The number of hydrogen-bond donors (Lipinski definition) is 1. The molecular weight excluding hydrogens is 370 g/mol. The van der Waals surface area contributed by atoms with Crippen LogP contribution in [0, 0.1) is 11.3 Å². The van der Waals surface area contributed by atoms with Crippen LogP contribution in [0.15, 0.2) is 53.0 Å². The second kappa shape index (κ2) is 8.27. The Morgan fingerprint density at radius 1 is 1.21 bits per heavy atom. The molecule has 6 heteroatoms. The van der Waals surface area contributed by atoms with Gasteiger partial charge < -0.3 is 10.2 Å². The first-order chi connectivity index (χ1) is 11.5. The number of rotatable bonds is 5.